The maximum absolute atomic E-state index is 13.6. The summed E-state index contributed by atoms with van der Waals surface area (Å²) in [5.74, 6) is 1.97. The number of carbonyl (C=O) groups excluding carboxylic acids is 2. The molecule has 0 unspecified atom stereocenters. The number of ether oxygens (including phenoxy) is 2. The standard InChI is InChI=1S/C29H39ClN4O4/c1-32(2)27(35)22-12-13-25(31-26(22)30)34-18-14-21(15-19-34)9-7-17-33(3)28(36)29(16-8-20-38-29)23-10-5-6-11-24(23)37-4/h5-6,10-13,21H,7-9,14-20H2,1-4H3/t29-/m1/s1. The molecule has 8 nitrogen and oxygen atoms in total. The first-order valence-corrected chi connectivity index (χ1v) is 13.8. The van der Waals surface area contributed by atoms with Gasteiger partial charge in [0.05, 0.1) is 12.7 Å². The summed E-state index contributed by atoms with van der Waals surface area (Å²) in [7, 11) is 6.91. The van der Waals surface area contributed by atoms with Crippen LogP contribution >= 0.6 is 11.6 Å². The quantitative estimate of drug-likeness (QED) is 0.431. The number of piperidine rings is 1. The van der Waals surface area contributed by atoms with E-state index in [1.54, 1.807) is 27.3 Å². The Morgan fingerprint density at radius 1 is 1.16 bits per heavy atom. The van der Waals surface area contributed by atoms with Gasteiger partial charge in [-0.2, -0.15) is 0 Å². The number of pyridine rings is 1. The van der Waals surface area contributed by atoms with Crippen LogP contribution in [0.4, 0.5) is 5.82 Å². The first-order chi connectivity index (χ1) is 18.3. The minimum atomic E-state index is -0.965. The number of amides is 2. The Morgan fingerprint density at radius 2 is 1.89 bits per heavy atom. The van der Waals surface area contributed by atoms with Gasteiger partial charge in [0.1, 0.15) is 16.7 Å². The van der Waals surface area contributed by atoms with Crippen LogP contribution in [0.1, 0.15) is 54.4 Å². The molecule has 0 radical (unpaired) electrons. The van der Waals surface area contributed by atoms with Gasteiger partial charge < -0.3 is 24.2 Å². The molecule has 1 aromatic carbocycles. The molecule has 1 aromatic heterocycles. The van der Waals surface area contributed by atoms with E-state index < -0.39 is 5.60 Å². The second kappa shape index (κ2) is 12.3. The van der Waals surface area contributed by atoms with Crippen LogP contribution in [0.5, 0.6) is 5.75 Å². The smallest absolute Gasteiger partial charge is 0.259 e. The molecule has 2 fully saturated rings. The monoisotopic (exact) mass is 542 g/mol. The normalized spacial score (nSPS) is 19.9. The maximum Gasteiger partial charge on any atom is 0.259 e. The fraction of sp³-hybridized carbons (Fsp3) is 0.552. The first-order valence-electron chi connectivity index (χ1n) is 13.4. The van der Waals surface area contributed by atoms with E-state index in [2.05, 4.69) is 9.88 Å². The van der Waals surface area contributed by atoms with Crippen LogP contribution in [0, 0.1) is 5.92 Å². The molecule has 2 saturated heterocycles. The van der Waals surface area contributed by atoms with Crippen molar-refractivity contribution in [2.75, 3.05) is 59.4 Å². The second-order valence-corrected chi connectivity index (χ2v) is 10.8. The first kappa shape index (κ1) is 28.2. The number of carbonyl (C=O) groups is 2. The molecular formula is C29H39ClN4O4. The highest BCUT2D eigenvalue weighted by Crippen LogP contribution is 2.42. The minimum absolute atomic E-state index is 0.00784. The van der Waals surface area contributed by atoms with Crippen molar-refractivity contribution in [3.8, 4) is 5.75 Å². The predicted molar refractivity (Wildman–Crippen MR) is 149 cm³/mol. The summed E-state index contributed by atoms with van der Waals surface area (Å²) in [6.07, 6.45) is 5.65. The third-order valence-corrected chi connectivity index (χ3v) is 8.06. The van der Waals surface area contributed by atoms with Gasteiger partial charge in [-0.15, -0.1) is 0 Å². The second-order valence-electron chi connectivity index (χ2n) is 10.5. The number of methoxy groups -OCH3 is 1. The fourth-order valence-electron chi connectivity index (χ4n) is 5.59. The average molecular weight is 543 g/mol. The molecule has 2 amide bonds. The van der Waals surface area contributed by atoms with Crippen molar-refractivity contribution in [3.63, 3.8) is 0 Å². The molecule has 0 N–H and O–H groups in total. The summed E-state index contributed by atoms with van der Waals surface area (Å²) in [6, 6.07) is 11.3. The average Bonchev–Trinajstić information content (AvgIpc) is 3.43. The van der Waals surface area contributed by atoms with Crippen LogP contribution in [0.3, 0.4) is 0 Å². The number of para-hydroxylation sites is 1. The van der Waals surface area contributed by atoms with Crippen molar-refractivity contribution in [1.82, 2.24) is 14.8 Å². The Bertz CT molecular complexity index is 1130. The van der Waals surface area contributed by atoms with E-state index in [1.165, 1.54) is 4.90 Å². The van der Waals surface area contributed by atoms with Crippen LogP contribution in [0.15, 0.2) is 36.4 Å². The summed E-state index contributed by atoms with van der Waals surface area (Å²) in [6.45, 7) is 3.06. The molecule has 2 aliphatic heterocycles. The van der Waals surface area contributed by atoms with Crippen LogP contribution in [0.25, 0.3) is 0 Å². The van der Waals surface area contributed by atoms with E-state index in [4.69, 9.17) is 21.1 Å². The lowest BCUT2D eigenvalue weighted by atomic mass is 9.88. The van der Waals surface area contributed by atoms with Gasteiger partial charge in [0.25, 0.3) is 11.8 Å². The molecule has 2 aromatic rings. The van der Waals surface area contributed by atoms with Gasteiger partial charge in [0.2, 0.25) is 0 Å². The zero-order valence-corrected chi connectivity index (χ0v) is 23.7. The Labute approximate surface area is 230 Å². The molecule has 38 heavy (non-hydrogen) atoms. The van der Waals surface area contributed by atoms with E-state index in [-0.39, 0.29) is 17.0 Å². The number of rotatable bonds is 9. The number of nitrogens with zero attached hydrogens (tertiary/aromatic N) is 4. The number of hydrogen-bond donors (Lipinski definition) is 0. The SMILES string of the molecule is COc1ccccc1[C@@]1(C(=O)N(C)CCCC2CCN(c3ccc(C(=O)N(C)C)c(Cl)n3)CC2)CCCO1. The lowest BCUT2D eigenvalue weighted by Crippen LogP contribution is -2.45. The number of halogens is 1. The molecule has 0 spiro atoms. The van der Waals surface area contributed by atoms with E-state index in [0.717, 1.165) is 56.6 Å². The molecule has 9 heteroatoms. The van der Waals surface area contributed by atoms with E-state index in [9.17, 15) is 9.59 Å². The van der Waals surface area contributed by atoms with Gasteiger partial charge in [-0.25, -0.2) is 4.98 Å². The number of hydrogen-bond acceptors (Lipinski definition) is 6. The van der Waals surface area contributed by atoms with Gasteiger partial charge >= 0.3 is 0 Å². The highest BCUT2D eigenvalue weighted by Gasteiger charge is 2.47. The van der Waals surface area contributed by atoms with Crippen molar-refractivity contribution in [2.24, 2.45) is 5.92 Å². The molecule has 1 atom stereocenters. The van der Waals surface area contributed by atoms with Crippen LogP contribution in [-0.2, 0) is 15.1 Å². The van der Waals surface area contributed by atoms with E-state index in [0.29, 0.717) is 36.8 Å². The zero-order valence-electron chi connectivity index (χ0n) is 22.9. The van der Waals surface area contributed by atoms with Gasteiger partial charge in [-0.05, 0) is 62.6 Å². The maximum atomic E-state index is 13.6. The van der Waals surface area contributed by atoms with Crippen LogP contribution in [-0.4, -0.2) is 81.1 Å². The zero-order chi connectivity index (χ0) is 27.3. The predicted octanol–water partition coefficient (Wildman–Crippen LogP) is 4.61. The molecular weight excluding hydrogens is 504 g/mol. The lowest BCUT2D eigenvalue weighted by molar-refractivity contribution is -0.153. The highest BCUT2D eigenvalue weighted by molar-refractivity contribution is 6.32. The van der Waals surface area contributed by atoms with Crippen molar-refractivity contribution in [2.45, 2.75) is 44.1 Å². The Balaban J connectivity index is 1.28. The molecule has 3 heterocycles. The van der Waals surface area contributed by atoms with Crippen LogP contribution < -0.4 is 9.64 Å². The van der Waals surface area contributed by atoms with Crippen molar-refractivity contribution in [3.05, 3.63) is 52.7 Å². The lowest BCUT2D eigenvalue weighted by Gasteiger charge is -2.34. The minimum Gasteiger partial charge on any atom is -0.496 e. The van der Waals surface area contributed by atoms with Gasteiger partial charge in [0.15, 0.2) is 5.60 Å². The van der Waals surface area contributed by atoms with Crippen molar-refractivity contribution >= 4 is 29.2 Å². The van der Waals surface area contributed by atoms with Crippen LogP contribution in [0.2, 0.25) is 5.15 Å². The Kier molecular flexibility index (Phi) is 9.15. The Hall–Kier alpha value is -2.84. The highest BCUT2D eigenvalue weighted by atomic mass is 35.5. The Morgan fingerprint density at radius 3 is 2.53 bits per heavy atom. The number of anilines is 1. The molecule has 0 bridgehead atoms. The number of benzene rings is 1. The third-order valence-electron chi connectivity index (χ3n) is 7.77. The largest absolute Gasteiger partial charge is 0.496 e. The molecule has 4 rings (SSSR count). The van der Waals surface area contributed by atoms with Gasteiger partial charge in [-0.1, -0.05) is 29.8 Å². The number of likely N-dealkylation sites (N-methyl/N-ethyl adjacent to an activating group) is 1. The summed E-state index contributed by atoms with van der Waals surface area (Å²) >= 11 is 6.32. The van der Waals surface area contributed by atoms with Gasteiger partial charge in [0, 0.05) is 52.9 Å². The number of aromatic nitrogens is 1. The molecule has 0 aliphatic carbocycles. The van der Waals surface area contributed by atoms with Crippen molar-refractivity contribution in [1.29, 1.82) is 0 Å². The van der Waals surface area contributed by atoms with E-state index in [1.807, 2.05) is 42.3 Å². The molecule has 0 saturated carbocycles. The summed E-state index contributed by atoms with van der Waals surface area (Å²) in [4.78, 5) is 35.9. The van der Waals surface area contributed by atoms with Gasteiger partial charge in [-0.3, -0.25) is 9.59 Å². The topological polar surface area (TPSA) is 75.2 Å². The van der Waals surface area contributed by atoms with Crippen molar-refractivity contribution < 1.29 is 19.1 Å². The van der Waals surface area contributed by atoms with E-state index >= 15 is 0 Å². The molecule has 2 aliphatic rings. The fourth-order valence-corrected chi connectivity index (χ4v) is 5.82. The third kappa shape index (κ3) is 5.91. The molecule has 206 valence electrons. The summed E-state index contributed by atoms with van der Waals surface area (Å²) in [5, 5.41) is 0.244. The summed E-state index contributed by atoms with van der Waals surface area (Å²) < 4.78 is 11.7. The summed E-state index contributed by atoms with van der Waals surface area (Å²) in [5.41, 5.74) is 0.273.